The second kappa shape index (κ2) is 7.17. The van der Waals surface area contributed by atoms with E-state index in [0.717, 1.165) is 33.5 Å². The molecule has 0 fully saturated rings. The molecule has 1 heterocycles. The molecule has 9 heteroatoms. The number of aromatic nitrogens is 2. The van der Waals surface area contributed by atoms with Crippen molar-refractivity contribution in [1.29, 1.82) is 0 Å². The van der Waals surface area contributed by atoms with Gasteiger partial charge in [0.15, 0.2) is 0 Å². The summed E-state index contributed by atoms with van der Waals surface area (Å²) in [5.41, 5.74) is -0.482. The summed E-state index contributed by atoms with van der Waals surface area (Å²) in [4.78, 5) is 23.5. The summed E-state index contributed by atoms with van der Waals surface area (Å²) in [6, 6.07) is 0. The number of nitrogens with one attached hydrogen (secondary N) is 1. The van der Waals surface area contributed by atoms with Crippen LogP contribution in [0, 0.1) is 0 Å². The SMILES string of the molecule is CCCCn1oc(=O)n(CSP(=O)(CC)NC)c1=O. The van der Waals surface area contributed by atoms with E-state index in [1.165, 1.54) is 0 Å². The third kappa shape index (κ3) is 4.12. The molecule has 0 saturated heterocycles. The normalized spacial score (nSPS) is 14.5. The van der Waals surface area contributed by atoms with Crippen LogP contribution in [0.5, 0.6) is 0 Å². The molecule has 1 unspecified atom stereocenters. The van der Waals surface area contributed by atoms with Gasteiger partial charge in [-0.05, 0) is 13.5 Å². The zero-order valence-corrected chi connectivity index (χ0v) is 13.1. The van der Waals surface area contributed by atoms with Gasteiger partial charge in [-0.3, -0.25) is 9.65 Å². The predicted octanol–water partition coefficient (Wildman–Crippen LogP) is 1.53. The molecule has 0 spiro atoms. The topological polar surface area (TPSA) is 86.2 Å². The lowest BCUT2D eigenvalue weighted by Gasteiger charge is -2.13. The Bertz CT molecular complexity index is 554. The van der Waals surface area contributed by atoms with Crippen molar-refractivity contribution in [3.63, 3.8) is 0 Å². The minimum Gasteiger partial charge on any atom is -0.317 e. The average molecular weight is 309 g/mol. The van der Waals surface area contributed by atoms with E-state index in [1.807, 2.05) is 6.92 Å². The highest BCUT2D eigenvalue weighted by Gasteiger charge is 2.20. The fourth-order valence-corrected chi connectivity index (χ4v) is 4.40. The van der Waals surface area contributed by atoms with Gasteiger partial charge in [0.25, 0.3) is 0 Å². The van der Waals surface area contributed by atoms with E-state index in [4.69, 9.17) is 4.52 Å². The summed E-state index contributed by atoms with van der Waals surface area (Å²) >= 11 is 1.08. The van der Waals surface area contributed by atoms with E-state index < -0.39 is 17.9 Å². The summed E-state index contributed by atoms with van der Waals surface area (Å²) in [5.74, 6) is -0.668. The fourth-order valence-electron chi connectivity index (χ4n) is 1.41. The maximum absolute atomic E-state index is 12.1. The highest BCUT2D eigenvalue weighted by atomic mass is 32.7. The van der Waals surface area contributed by atoms with Gasteiger partial charge in [0.2, 0.25) is 6.49 Å². The zero-order valence-electron chi connectivity index (χ0n) is 11.4. The third-order valence-corrected chi connectivity index (χ3v) is 7.94. The smallest absolute Gasteiger partial charge is 0.317 e. The molecule has 1 atom stereocenters. The van der Waals surface area contributed by atoms with Crippen LogP contribution < -0.4 is 16.5 Å². The van der Waals surface area contributed by atoms with Gasteiger partial charge in [-0.2, -0.15) is 4.74 Å². The van der Waals surface area contributed by atoms with Gasteiger partial charge < -0.3 is 4.52 Å². The molecule has 0 radical (unpaired) electrons. The van der Waals surface area contributed by atoms with Crippen LogP contribution in [0.1, 0.15) is 26.7 Å². The van der Waals surface area contributed by atoms with Gasteiger partial charge in [0.1, 0.15) is 0 Å². The molecule has 7 nitrogen and oxygen atoms in total. The maximum Gasteiger partial charge on any atom is 0.443 e. The van der Waals surface area contributed by atoms with E-state index >= 15 is 0 Å². The number of hydrogen-bond donors (Lipinski definition) is 1. The first-order valence-corrected chi connectivity index (χ1v) is 9.69. The van der Waals surface area contributed by atoms with Crippen LogP contribution in [-0.2, 0) is 17.0 Å². The van der Waals surface area contributed by atoms with Gasteiger partial charge in [0.05, 0.1) is 12.4 Å². The molecule has 110 valence electrons. The second-order valence-electron chi connectivity index (χ2n) is 3.99. The first-order valence-electron chi connectivity index (χ1n) is 6.21. The van der Waals surface area contributed by atoms with Gasteiger partial charge in [0, 0.05) is 6.16 Å². The molecule has 0 aromatic carbocycles. The van der Waals surface area contributed by atoms with E-state index in [0.29, 0.717) is 12.7 Å². The highest BCUT2D eigenvalue weighted by molar-refractivity contribution is 8.57. The Kier molecular flexibility index (Phi) is 6.16. The molecule has 0 aliphatic heterocycles. The van der Waals surface area contributed by atoms with Crippen LogP contribution >= 0.6 is 17.9 Å². The summed E-state index contributed by atoms with van der Waals surface area (Å²) in [6.07, 6.45) is 2.12. The largest absolute Gasteiger partial charge is 0.443 e. The standard InChI is InChI=1S/C10H20N3O4PS/c1-4-6-7-13-9(14)12(10(15)17-13)8-19-18(16,5-2)11-3/h4-8H2,1-3H3,(H,11,16). The van der Waals surface area contributed by atoms with Crippen molar-refractivity contribution < 1.29 is 9.09 Å². The Morgan fingerprint density at radius 1 is 1.37 bits per heavy atom. The van der Waals surface area contributed by atoms with Crippen molar-refractivity contribution in [1.82, 2.24) is 14.4 Å². The van der Waals surface area contributed by atoms with Crippen molar-refractivity contribution in [3.05, 3.63) is 21.0 Å². The maximum atomic E-state index is 12.1. The van der Waals surface area contributed by atoms with Gasteiger partial charge in [-0.25, -0.2) is 14.2 Å². The Balaban J connectivity index is 2.85. The van der Waals surface area contributed by atoms with Crippen molar-refractivity contribution in [2.24, 2.45) is 0 Å². The molecule has 1 rings (SSSR count). The van der Waals surface area contributed by atoms with E-state index in [9.17, 15) is 14.2 Å². The first kappa shape index (κ1) is 16.3. The Labute approximate surface area is 115 Å². The van der Waals surface area contributed by atoms with Crippen LogP contribution in [0.4, 0.5) is 0 Å². The lowest BCUT2D eigenvalue weighted by atomic mass is 10.3. The van der Waals surface area contributed by atoms with E-state index in [2.05, 4.69) is 5.09 Å². The molecule has 1 aromatic heterocycles. The van der Waals surface area contributed by atoms with Gasteiger partial charge >= 0.3 is 11.4 Å². The Morgan fingerprint density at radius 3 is 2.58 bits per heavy atom. The van der Waals surface area contributed by atoms with E-state index in [1.54, 1.807) is 14.0 Å². The van der Waals surface area contributed by atoms with Crippen molar-refractivity contribution in [3.8, 4) is 0 Å². The second-order valence-corrected chi connectivity index (χ2v) is 9.48. The summed E-state index contributed by atoms with van der Waals surface area (Å²) in [5, 5.41) is 2.74. The average Bonchev–Trinajstić information content (AvgIpc) is 2.68. The predicted molar refractivity (Wildman–Crippen MR) is 76.9 cm³/mol. The molecular formula is C10H20N3O4PS. The summed E-state index contributed by atoms with van der Waals surface area (Å²) < 4.78 is 19.0. The fraction of sp³-hybridized carbons (Fsp3) is 0.800. The monoisotopic (exact) mass is 309 g/mol. The van der Waals surface area contributed by atoms with Crippen molar-refractivity contribution in [2.75, 3.05) is 13.2 Å². The number of nitrogens with zero attached hydrogens (tertiary/aromatic N) is 2. The minimum atomic E-state index is -2.58. The molecule has 0 aliphatic carbocycles. The van der Waals surface area contributed by atoms with Crippen molar-refractivity contribution in [2.45, 2.75) is 39.1 Å². The number of aryl methyl sites for hydroxylation is 1. The van der Waals surface area contributed by atoms with Gasteiger partial charge in [-0.1, -0.05) is 31.7 Å². The minimum absolute atomic E-state index is 0.0340. The van der Waals surface area contributed by atoms with Crippen LogP contribution in [0.3, 0.4) is 0 Å². The quantitative estimate of drug-likeness (QED) is 0.733. The molecule has 19 heavy (non-hydrogen) atoms. The Morgan fingerprint density at radius 2 is 2.05 bits per heavy atom. The molecule has 0 amide bonds. The molecule has 0 bridgehead atoms. The van der Waals surface area contributed by atoms with Crippen LogP contribution in [0.25, 0.3) is 0 Å². The third-order valence-electron chi connectivity index (χ3n) is 2.72. The van der Waals surface area contributed by atoms with Crippen molar-refractivity contribution >= 4 is 17.9 Å². The number of hydrogen-bond acceptors (Lipinski definition) is 5. The van der Waals surface area contributed by atoms with Crippen LogP contribution in [0.2, 0.25) is 0 Å². The zero-order chi connectivity index (χ0) is 14.5. The van der Waals surface area contributed by atoms with E-state index in [-0.39, 0.29) is 5.88 Å². The molecule has 1 aromatic rings. The van der Waals surface area contributed by atoms with Crippen LogP contribution in [-0.4, -0.2) is 22.5 Å². The lowest BCUT2D eigenvalue weighted by Crippen LogP contribution is -2.28. The molecule has 0 saturated carbocycles. The lowest BCUT2D eigenvalue weighted by molar-refractivity contribution is 0.237. The molecule has 0 aliphatic rings. The molecule has 1 N–H and O–H groups in total. The van der Waals surface area contributed by atoms with Crippen LogP contribution in [0.15, 0.2) is 14.1 Å². The first-order chi connectivity index (χ1) is 8.97. The number of rotatable bonds is 8. The Hall–Kier alpha value is -0.720. The van der Waals surface area contributed by atoms with Gasteiger partial charge in [-0.15, -0.1) is 0 Å². The summed E-state index contributed by atoms with van der Waals surface area (Å²) in [6.45, 7) is 1.59. The summed E-state index contributed by atoms with van der Waals surface area (Å²) in [7, 11) is 1.61. The number of unbranched alkanes of at least 4 members (excludes halogenated alkanes) is 1. The highest BCUT2D eigenvalue weighted by Crippen LogP contribution is 2.54. The molecular weight excluding hydrogens is 289 g/mol.